The molecule has 7 nitrogen and oxygen atoms in total. The van der Waals surface area contributed by atoms with Crippen LogP contribution in [0.25, 0.3) is 10.9 Å². The second-order valence-electron chi connectivity index (χ2n) is 9.82. The molecule has 0 saturated carbocycles. The Labute approximate surface area is 239 Å². The van der Waals surface area contributed by atoms with E-state index < -0.39 is 16.1 Å². The minimum Gasteiger partial charge on any atom is -0.495 e. The molecule has 0 spiro atoms. The molecule has 40 heavy (non-hydrogen) atoms. The van der Waals surface area contributed by atoms with Crippen LogP contribution in [0.3, 0.4) is 0 Å². The highest BCUT2D eigenvalue weighted by Gasteiger charge is 2.18. The number of ether oxygens (including phenoxy) is 1. The molecule has 3 N–H and O–H groups in total. The van der Waals surface area contributed by atoms with Gasteiger partial charge in [0.05, 0.1) is 18.7 Å². The molecule has 208 valence electrons. The van der Waals surface area contributed by atoms with Gasteiger partial charge in [0.1, 0.15) is 9.96 Å². The van der Waals surface area contributed by atoms with Crippen molar-refractivity contribution in [1.82, 2.24) is 9.88 Å². The van der Waals surface area contributed by atoms with Crippen molar-refractivity contribution in [2.75, 3.05) is 18.4 Å². The molecule has 0 radical (unpaired) electrons. The van der Waals surface area contributed by atoms with E-state index in [1.165, 1.54) is 11.1 Å². The molecule has 0 aliphatic carbocycles. The summed E-state index contributed by atoms with van der Waals surface area (Å²) in [6.45, 7) is 3.16. The lowest BCUT2D eigenvalue weighted by Crippen LogP contribution is -2.32. The van der Waals surface area contributed by atoms with Crippen LogP contribution in [0.5, 0.6) is 5.75 Å². The van der Waals surface area contributed by atoms with Crippen molar-refractivity contribution in [2.45, 2.75) is 36.2 Å². The van der Waals surface area contributed by atoms with Crippen LogP contribution in [0.1, 0.15) is 29.7 Å². The monoisotopic (exact) mass is 575 g/mol. The van der Waals surface area contributed by atoms with Crippen LogP contribution in [0, 0.1) is 0 Å². The van der Waals surface area contributed by atoms with Gasteiger partial charge >= 0.3 is 0 Å². The highest BCUT2D eigenvalue weighted by Crippen LogP contribution is 2.31. The normalized spacial score (nSPS) is 13.3. The number of hydrogen-bond donors (Lipinski definition) is 3. The Balaban J connectivity index is 1.26. The van der Waals surface area contributed by atoms with E-state index in [0.717, 1.165) is 41.0 Å². The fraction of sp³-hybridized carbons (Fsp3) is 0.226. The molecule has 0 fully saturated rings. The van der Waals surface area contributed by atoms with Crippen LogP contribution in [0.15, 0.2) is 101 Å². The summed E-state index contributed by atoms with van der Waals surface area (Å²) in [7, 11) is -1.96. The van der Waals surface area contributed by atoms with Crippen LogP contribution >= 0.6 is 11.3 Å². The van der Waals surface area contributed by atoms with Gasteiger partial charge < -0.3 is 19.7 Å². The van der Waals surface area contributed by atoms with Gasteiger partial charge in [0.25, 0.3) is 10.0 Å². The number of hydrogen-bond acceptors (Lipinski definition) is 6. The number of nitrogens with one attached hydrogen (secondary N) is 2. The van der Waals surface area contributed by atoms with Crippen molar-refractivity contribution in [1.29, 1.82) is 0 Å². The lowest BCUT2D eigenvalue weighted by molar-refractivity contribution is 0.170. The number of anilines is 1. The maximum Gasteiger partial charge on any atom is 0.271 e. The van der Waals surface area contributed by atoms with Crippen LogP contribution in [-0.2, 0) is 23.0 Å². The van der Waals surface area contributed by atoms with Gasteiger partial charge in [0.15, 0.2) is 0 Å². The molecule has 0 aliphatic rings. The maximum atomic E-state index is 12.6. The van der Waals surface area contributed by atoms with Gasteiger partial charge in [-0.15, -0.1) is 11.3 Å². The number of rotatable bonds is 12. The predicted molar refractivity (Wildman–Crippen MR) is 162 cm³/mol. The number of fused-ring (bicyclic) bond motifs is 1. The summed E-state index contributed by atoms with van der Waals surface area (Å²) >= 11 is 1.16. The largest absolute Gasteiger partial charge is 0.495 e. The molecule has 0 unspecified atom stereocenters. The summed E-state index contributed by atoms with van der Waals surface area (Å²) in [4.78, 5) is 0. The van der Waals surface area contributed by atoms with Crippen molar-refractivity contribution in [2.24, 2.45) is 0 Å². The van der Waals surface area contributed by atoms with Gasteiger partial charge in [-0.2, -0.15) is 0 Å². The summed E-state index contributed by atoms with van der Waals surface area (Å²) in [5, 5.41) is 17.2. The molecule has 0 bridgehead atoms. The smallest absolute Gasteiger partial charge is 0.271 e. The average Bonchev–Trinajstić information content (AvgIpc) is 3.62. The van der Waals surface area contributed by atoms with Crippen molar-refractivity contribution in [3.63, 3.8) is 0 Å². The van der Waals surface area contributed by atoms with E-state index in [1.807, 2.05) is 30.3 Å². The molecule has 5 rings (SSSR count). The molecule has 2 aromatic heterocycles. The molecule has 3 aromatic carbocycles. The second kappa shape index (κ2) is 12.3. The van der Waals surface area contributed by atoms with E-state index in [-0.39, 0.29) is 10.3 Å². The zero-order valence-corrected chi connectivity index (χ0v) is 24.1. The van der Waals surface area contributed by atoms with Crippen LogP contribution in [0.2, 0.25) is 0 Å². The molecule has 9 heteroatoms. The number of aliphatic hydroxyl groups excluding tert-OH is 1. The molecule has 2 heterocycles. The molecule has 5 aromatic rings. The van der Waals surface area contributed by atoms with Crippen molar-refractivity contribution in [3.05, 3.63) is 113 Å². The molecule has 0 saturated heterocycles. The van der Waals surface area contributed by atoms with Gasteiger partial charge in [-0.05, 0) is 59.7 Å². The molecular weight excluding hydrogens is 542 g/mol. The standard InChI is InChI=1S/C31H33N3O4S2/c1-22(32-19-28(35)24-11-6-12-26(18-24)33-40(36,37)30-15-8-16-39-30)17-25-21-34(20-23-9-4-3-5-10-23)31-27(25)13-7-14-29(31)38-2/h3-16,18,21-22,28,32-33,35H,17,19-20H2,1-2H3/t22-,28+/m1/s1. The van der Waals surface area contributed by atoms with E-state index in [4.69, 9.17) is 4.74 Å². The van der Waals surface area contributed by atoms with Gasteiger partial charge in [0.2, 0.25) is 0 Å². The van der Waals surface area contributed by atoms with Gasteiger partial charge in [-0.25, -0.2) is 8.42 Å². The van der Waals surface area contributed by atoms with Crippen molar-refractivity contribution < 1.29 is 18.3 Å². The van der Waals surface area contributed by atoms with E-state index in [0.29, 0.717) is 17.8 Å². The van der Waals surface area contributed by atoms with Gasteiger partial charge in [0, 0.05) is 36.4 Å². The van der Waals surface area contributed by atoms with E-state index in [2.05, 4.69) is 45.9 Å². The summed E-state index contributed by atoms with van der Waals surface area (Å²) in [6, 6.07) is 26.7. The first-order valence-corrected chi connectivity index (χ1v) is 15.5. The minimum atomic E-state index is -3.65. The average molecular weight is 576 g/mol. The number of para-hydroxylation sites is 1. The highest BCUT2D eigenvalue weighted by atomic mass is 32.2. The summed E-state index contributed by atoms with van der Waals surface area (Å²) in [6.07, 6.45) is 2.16. The number of benzene rings is 3. The fourth-order valence-electron chi connectivity index (χ4n) is 4.90. The third kappa shape index (κ3) is 6.39. The topological polar surface area (TPSA) is 92.6 Å². The first-order valence-electron chi connectivity index (χ1n) is 13.1. The Morgan fingerprint density at radius 1 is 1.00 bits per heavy atom. The predicted octanol–water partition coefficient (Wildman–Crippen LogP) is 5.81. The molecular formula is C31H33N3O4S2. The Bertz CT molecular complexity index is 1670. The lowest BCUT2D eigenvalue weighted by atomic mass is 10.0. The van der Waals surface area contributed by atoms with E-state index in [1.54, 1.807) is 48.9 Å². The number of methoxy groups -OCH3 is 1. The summed E-state index contributed by atoms with van der Waals surface area (Å²) in [5.74, 6) is 0.838. The number of sulfonamides is 1. The van der Waals surface area contributed by atoms with E-state index >= 15 is 0 Å². The quantitative estimate of drug-likeness (QED) is 0.175. The number of thiophene rings is 1. The maximum absolute atomic E-state index is 12.6. The Morgan fingerprint density at radius 3 is 2.55 bits per heavy atom. The van der Waals surface area contributed by atoms with Crippen LogP contribution < -0.4 is 14.8 Å². The first-order chi connectivity index (χ1) is 19.3. The second-order valence-corrected chi connectivity index (χ2v) is 12.7. The molecule has 0 amide bonds. The third-order valence-corrected chi connectivity index (χ3v) is 9.61. The Morgan fingerprint density at radius 2 is 1.80 bits per heavy atom. The lowest BCUT2D eigenvalue weighted by Gasteiger charge is -2.18. The highest BCUT2D eigenvalue weighted by molar-refractivity contribution is 7.94. The number of nitrogens with zero attached hydrogens (tertiary/aromatic N) is 1. The van der Waals surface area contributed by atoms with Crippen LogP contribution in [-0.4, -0.2) is 37.8 Å². The Kier molecular flexibility index (Phi) is 8.56. The first kappa shape index (κ1) is 27.9. The van der Waals surface area contributed by atoms with Gasteiger partial charge in [-0.3, -0.25) is 4.72 Å². The number of aliphatic hydroxyl groups is 1. The zero-order valence-electron chi connectivity index (χ0n) is 22.4. The molecule has 2 atom stereocenters. The van der Waals surface area contributed by atoms with Gasteiger partial charge in [-0.1, -0.05) is 60.7 Å². The van der Waals surface area contributed by atoms with Crippen molar-refractivity contribution >= 4 is 38.0 Å². The minimum absolute atomic E-state index is 0.0807. The van der Waals surface area contributed by atoms with Crippen molar-refractivity contribution in [3.8, 4) is 5.75 Å². The van der Waals surface area contributed by atoms with E-state index in [9.17, 15) is 13.5 Å². The number of aromatic nitrogens is 1. The fourth-order valence-corrected chi connectivity index (χ4v) is 6.94. The zero-order chi connectivity index (χ0) is 28.1. The SMILES string of the molecule is COc1cccc2c(C[C@@H](C)NC[C@H](O)c3cccc(NS(=O)(=O)c4cccs4)c3)cn(Cc3ccccc3)c12. The third-order valence-electron chi connectivity index (χ3n) is 6.83. The molecule has 0 aliphatic heterocycles. The Hall–Kier alpha value is -3.63. The summed E-state index contributed by atoms with van der Waals surface area (Å²) < 4.78 is 36.0. The van der Waals surface area contributed by atoms with Crippen LogP contribution in [0.4, 0.5) is 5.69 Å². The summed E-state index contributed by atoms with van der Waals surface area (Å²) in [5.41, 5.74) is 4.53.